The molecule has 2 aromatic rings. The molecule has 0 fully saturated rings. The van der Waals surface area contributed by atoms with Crippen molar-refractivity contribution in [1.82, 2.24) is 10.6 Å². The molecule has 0 saturated carbocycles. The van der Waals surface area contributed by atoms with Gasteiger partial charge < -0.3 is 20.5 Å². The van der Waals surface area contributed by atoms with Crippen LogP contribution in [0.4, 0.5) is 4.79 Å². The van der Waals surface area contributed by atoms with E-state index < -0.39 is 30.1 Å². The van der Waals surface area contributed by atoms with Gasteiger partial charge in [-0.05, 0) is 34.1 Å². The number of carboxylic acid groups (broad SMARTS) is 1. The molecule has 7 nitrogen and oxygen atoms in total. The Hall–Kier alpha value is -3.35. The number of nitrogens with one attached hydrogen (secondary N) is 2. The summed E-state index contributed by atoms with van der Waals surface area (Å²) in [6, 6.07) is 14.8. The smallest absolute Gasteiger partial charge is 0.407 e. The predicted molar refractivity (Wildman–Crippen MR) is 126 cm³/mol. The molecule has 2 aromatic carbocycles. The molecule has 1 aliphatic rings. The van der Waals surface area contributed by atoms with E-state index in [-0.39, 0.29) is 30.8 Å². The number of rotatable bonds is 9. The maximum absolute atomic E-state index is 12.8. The first-order valence-electron chi connectivity index (χ1n) is 11.3. The average Bonchev–Trinajstić information content (AvgIpc) is 3.08. The van der Waals surface area contributed by atoms with Gasteiger partial charge in [0.1, 0.15) is 12.6 Å². The number of carbonyl (C=O) groups is 3. The Morgan fingerprint density at radius 2 is 1.42 bits per heavy atom. The van der Waals surface area contributed by atoms with Crippen molar-refractivity contribution in [3.05, 3.63) is 59.7 Å². The van der Waals surface area contributed by atoms with Gasteiger partial charge in [-0.3, -0.25) is 9.59 Å². The number of benzene rings is 2. The van der Waals surface area contributed by atoms with Gasteiger partial charge in [0.2, 0.25) is 5.91 Å². The molecule has 0 bridgehead atoms. The third-order valence-electron chi connectivity index (χ3n) is 6.09. The Labute approximate surface area is 194 Å². The van der Waals surface area contributed by atoms with Gasteiger partial charge in [0.15, 0.2) is 0 Å². The van der Waals surface area contributed by atoms with Crippen molar-refractivity contribution in [2.45, 2.75) is 52.1 Å². The number of hydrogen-bond acceptors (Lipinski definition) is 4. The minimum atomic E-state index is -0.986. The van der Waals surface area contributed by atoms with Crippen molar-refractivity contribution >= 4 is 18.0 Å². The number of ether oxygens (including phenoxy) is 1. The molecule has 0 radical (unpaired) electrons. The van der Waals surface area contributed by atoms with E-state index in [2.05, 4.69) is 22.8 Å². The van der Waals surface area contributed by atoms with Crippen LogP contribution in [0.1, 0.15) is 51.2 Å². The normalized spacial score (nSPS) is 14.4. The van der Waals surface area contributed by atoms with Gasteiger partial charge in [-0.2, -0.15) is 0 Å². The van der Waals surface area contributed by atoms with E-state index in [1.165, 1.54) is 0 Å². The largest absolute Gasteiger partial charge is 0.481 e. The molecular formula is C26H32N2O5. The molecule has 0 aromatic heterocycles. The number of alkyl carbamates (subject to hydrolysis) is 1. The summed E-state index contributed by atoms with van der Waals surface area (Å²) in [5.41, 5.74) is 4.50. The first kappa shape index (κ1) is 24.3. The molecular weight excluding hydrogens is 420 g/mol. The Morgan fingerprint density at radius 3 is 1.91 bits per heavy atom. The van der Waals surface area contributed by atoms with Crippen LogP contribution in [0.15, 0.2) is 48.5 Å². The first-order chi connectivity index (χ1) is 15.7. The van der Waals surface area contributed by atoms with Crippen LogP contribution >= 0.6 is 0 Å². The minimum Gasteiger partial charge on any atom is -0.481 e. The first-order valence-corrected chi connectivity index (χ1v) is 11.3. The third kappa shape index (κ3) is 5.72. The van der Waals surface area contributed by atoms with Crippen molar-refractivity contribution in [3.8, 4) is 11.1 Å². The molecule has 1 aliphatic carbocycles. The Kier molecular flexibility index (Phi) is 7.74. The number of carboxylic acids is 1. The second kappa shape index (κ2) is 10.5. The van der Waals surface area contributed by atoms with E-state index in [4.69, 9.17) is 9.84 Å². The molecule has 7 heteroatoms. The van der Waals surface area contributed by atoms with Crippen LogP contribution in [0.3, 0.4) is 0 Å². The highest BCUT2D eigenvalue weighted by molar-refractivity contribution is 5.86. The summed E-state index contributed by atoms with van der Waals surface area (Å²) in [5, 5.41) is 14.5. The number of carbonyl (C=O) groups excluding carboxylic acids is 2. The van der Waals surface area contributed by atoms with Crippen LogP contribution in [0.25, 0.3) is 11.1 Å². The molecule has 0 aliphatic heterocycles. The van der Waals surface area contributed by atoms with Gasteiger partial charge in [-0.1, -0.05) is 76.2 Å². The summed E-state index contributed by atoms with van der Waals surface area (Å²) in [6.07, 6.45) is -0.857. The second-order valence-corrected chi connectivity index (χ2v) is 9.15. The number of aliphatic carboxylic acids is 1. The zero-order valence-electron chi connectivity index (χ0n) is 19.5. The fraction of sp³-hybridized carbons (Fsp3) is 0.423. The number of fused-ring (bicyclic) bond motifs is 3. The van der Waals surface area contributed by atoms with Crippen molar-refractivity contribution in [2.24, 2.45) is 11.8 Å². The number of hydrogen-bond donors (Lipinski definition) is 3. The lowest BCUT2D eigenvalue weighted by Gasteiger charge is -2.26. The summed E-state index contributed by atoms with van der Waals surface area (Å²) in [5.74, 6) is -1.75. The van der Waals surface area contributed by atoms with Crippen molar-refractivity contribution in [2.75, 3.05) is 6.61 Å². The molecule has 3 N–H and O–H groups in total. The molecule has 2 atom stereocenters. The second-order valence-electron chi connectivity index (χ2n) is 9.15. The molecule has 2 amide bonds. The fourth-order valence-corrected chi connectivity index (χ4v) is 4.22. The van der Waals surface area contributed by atoms with Gasteiger partial charge in [-0.25, -0.2) is 4.79 Å². The summed E-state index contributed by atoms with van der Waals surface area (Å²) in [6.45, 7) is 7.47. The topological polar surface area (TPSA) is 105 Å². The molecule has 0 spiro atoms. The zero-order valence-corrected chi connectivity index (χ0v) is 19.5. The van der Waals surface area contributed by atoms with Gasteiger partial charge >= 0.3 is 12.1 Å². The zero-order chi connectivity index (χ0) is 24.1. The van der Waals surface area contributed by atoms with Crippen LogP contribution in [0, 0.1) is 11.8 Å². The third-order valence-corrected chi connectivity index (χ3v) is 6.09. The van der Waals surface area contributed by atoms with Gasteiger partial charge in [0, 0.05) is 12.0 Å². The Morgan fingerprint density at radius 1 is 0.879 bits per heavy atom. The van der Waals surface area contributed by atoms with Crippen LogP contribution in [0.5, 0.6) is 0 Å². The highest BCUT2D eigenvalue weighted by Crippen LogP contribution is 2.44. The lowest BCUT2D eigenvalue weighted by Crippen LogP contribution is -2.53. The summed E-state index contributed by atoms with van der Waals surface area (Å²) in [7, 11) is 0. The maximum Gasteiger partial charge on any atom is 0.407 e. The van der Waals surface area contributed by atoms with Crippen molar-refractivity contribution in [1.29, 1.82) is 0 Å². The standard InChI is InChI=1S/C26H32N2O5/c1-15(2)22(13-23(29)30)27-25(31)24(16(3)4)28-26(32)33-14-21-19-11-7-5-9-17(19)18-10-6-8-12-20(18)21/h5-12,15-16,21-22,24H,13-14H2,1-4H3,(H,27,31)(H,28,32)(H,29,30)/t22-,24-/m1/s1. The van der Waals surface area contributed by atoms with Gasteiger partial charge in [0.25, 0.3) is 0 Å². The van der Waals surface area contributed by atoms with Crippen LogP contribution in [-0.4, -0.2) is 41.8 Å². The molecule has 0 unspecified atom stereocenters. The van der Waals surface area contributed by atoms with E-state index in [0.717, 1.165) is 22.3 Å². The summed E-state index contributed by atoms with van der Waals surface area (Å²) >= 11 is 0. The van der Waals surface area contributed by atoms with Crippen LogP contribution in [-0.2, 0) is 14.3 Å². The van der Waals surface area contributed by atoms with Crippen molar-refractivity contribution in [3.63, 3.8) is 0 Å². The SMILES string of the molecule is CC(C)[C@@H](CC(=O)O)NC(=O)[C@H](NC(=O)OCC1c2ccccc2-c2ccccc21)C(C)C. The van der Waals surface area contributed by atoms with E-state index in [0.29, 0.717) is 0 Å². The predicted octanol–water partition coefficient (Wildman–Crippen LogP) is 4.17. The molecule has 33 heavy (non-hydrogen) atoms. The highest BCUT2D eigenvalue weighted by Gasteiger charge is 2.31. The molecule has 0 heterocycles. The average molecular weight is 453 g/mol. The van der Waals surface area contributed by atoms with Gasteiger partial charge in [0.05, 0.1) is 6.42 Å². The number of amides is 2. The molecule has 176 valence electrons. The minimum absolute atomic E-state index is 0.0627. The lowest BCUT2D eigenvalue weighted by atomic mass is 9.98. The quantitative estimate of drug-likeness (QED) is 0.530. The highest BCUT2D eigenvalue weighted by atomic mass is 16.5. The molecule has 0 saturated heterocycles. The van der Waals surface area contributed by atoms with Gasteiger partial charge in [-0.15, -0.1) is 0 Å². The maximum atomic E-state index is 12.8. The summed E-state index contributed by atoms with van der Waals surface area (Å²) in [4.78, 5) is 36.6. The monoisotopic (exact) mass is 452 g/mol. The van der Waals surface area contributed by atoms with Crippen molar-refractivity contribution < 1.29 is 24.2 Å². The summed E-state index contributed by atoms with van der Waals surface area (Å²) < 4.78 is 5.56. The van der Waals surface area contributed by atoms with E-state index >= 15 is 0 Å². The lowest BCUT2D eigenvalue weighted by molar-refractivity contribution is -0.138. The van der Waals surface area contributed by atoms with Crippen LogP contribution in [0.2, 0.25) is 0 Å². The fourth-order valence-electron chi connectivity index (χ4n) is 4.22. The Balaban J connectivity index is 1.65. The van der Waals surface area contributed by atoms with E-state index in [1.807, 2.05) is 64.1 Å². The van der Waals surface area contributed by atoms with E-state index in [1.54, 1.807) is 0 Å². The van der Waals surface area contributed by atoms with Crippen LogP contribution < -0.4 is 10.6 Å². The Bertz CT molecular complexity index is 972. The molecule has 3 rings (SSSR count). The van der Waals surface area contributed by atoms with E-state index in [9.17, 15) is 14.4 Å².